The number of nitriles is 1. The molecule has 0 atom stereocenters. The molecule has 0 radical (unpaired) electrons. The molecule has 18 heavy (non-hydrogen) atoms. The van der Waals surface area contributed by atoms with Crippen molar-refractivity contribution in [3.8, 4) is 11.8 Å². The predicted octanol–water partition coefficient (Wildman–Crippen LogP) is 1.77. The van der Waals surface area contributed by atoms with Crippen LogP contribution in [0.3, 0.4) is 0 Å². The highest BCUT2D eigenvalue weighted by molar-refractivity contribution is 5.78. The minimum Gasteiger partial charge on any atom is -0.482 e. The van der Waals surface area contributed by atoms with Gasteiger partial charge in [-0.25, -0.2) is 0 Å². The fraction of sp³-hybridized carbons (Fsp3) is 0.286. The van der Waals surface area contributed by atoms with Crippen LogP contribution >= 0.6 is 0 Å². The van der Waals surface area contributed by atoms with Crippen molar-refractivity contribution in [1.82, 2.24) is 5.32 Å². The highest BCUT2D eigenvalue weighted by Crippen LogP contribution is 2.16. The Morgan fingerprint density at radius 1 is 1.39 bits per heavy atom. The van der Waals surface area contributed by atoms with Crippen molar-refractivity contribution in [1.29, 1.82) is 5.26 Å². The van der Waals surface area contributed by atoms with E-state index in [1.54, 1.807) is 24.3 Å². The molecule has 4 heteroatoms. The van der Waals surface area contributed by atoms with Gasteiger partial charge in [0.05, 0.1) is 5.56 Å². The topological polar surface area (TPSA) is 62.1 Å². The van der Waals surface area contributed by atoms with E-state index in [0.29, 0.717) is 11.3 Å². The number of carbonyl (C=O) groups is 1. The summed E-state index contributed by atoms with van der Waals surface area (Å²) in [6.45, 7) is -0.0603. The van der Waals surface area contributed by atoms with Gasteiger partial charge < -0.3 is 10.1 Å². The SMILES string of the molecule is N#Cc1ccccc1OCC(=O)NC1CC=CC1. The van der Waals surface area contributed by atoms with Crippen LogP contribution in [0.5, 0.6) is 5.75 Å². The van der Waals surface area contributed by atoms with Gasteiger partial charge in [-0.05, 0) is 25.0 Å². The molecule has 1 N–H and O–H groups in total. The summed E-state index contributed by atoms with van der Waals surface area (Å²) in [6, 6.07) is 9.09. The number of para-hydroxylation sites is 1. The number of carbonyl (C=O) groups excluding carboxylic acids is 1. The molecule has 0 aromatic heterocycles. The fourth-order valence-electron chi connectivity index (χ4n) is 1.83. The smallest absolute Gasteiger partial charge is 0.258 e. The van der Waals surface area contributed by atoms with E-state index in [-0.39, 0.29) is 18.6 Å². The molecular formula is C14H14N2O2. The lowest BCUT2D eigenvalue weighted by Crippen LogP contribution is -2.36. The molecule has 0 heterocycles. The number of nitrogens with zero attached hydrogens (tertiary/aromatic N) is 1. The van der Waals surface area contributed by atoms with Crippen LogP contribution in [0.15, 0.2) is 36.4 Å². The number of rotatable bonds is 4. The summed E-state index contributed by atoms with van der Waals surface area (Å²) < 4.78 is 5.35. The van der Waals surface area contributed by atoms with Crippen LogP contribution in [0.2, 0.25) is 0 Å². The van der Waals surface area contributed by atoms with E-state index in [2.05, 4.69) is 17.5 Å². The van der Waals surface area contributed by atoms with Crippen LogP contribution in [0.4, 0.5) is 0 Å². The summed E-state index contributed by atoms with van der Waals surface area (Å²) in [7, 11) is 0. The van der Waals surface area contributed by atoms with Gasteiger partial charge in [-0.3, -0.25) is 4.79 Å². The number of ether oxygens (including phenoxy) is 1. The van der Waals surface area contributed by atoms with Crippen molar-refractivity contribution in [2.45, 2.75) is 18.9 Å². The minimum atomic E-state index is -0.156. The number of hydrogen-bond donors (Lipinski definition) is 1. The molecular weight excluding hydrogens is 228 g/mol. The summed E-state index contributed by atoms with van der Waals surface area (Å²) in [4.78, 5) is 11.6. The zero-order valence-corrected chi connectivity index (χ0v) is 9.93. The van der Waals surface area contributed by atoms with E-state index in [1.165, 1.54) is 0 Å². The average Bonchev–Trinajstić information content (AvgIpc) is 2.89. The highest BCUT2D eigenvalue weighted by Gasteiger charge is 2.13. The molecule has 0 spiro atoms. The largest absolute Gasteiger partial charge is 0.482 e. The normalized spacial score (nSPS) is 14.2. The van der Waals surface area contributed by atoms with Gasteiger partial charge in [0.2, 0.25) is 0 Å². The zero-order valence-electron chi connectivity index (χ0n) is 9.93. The number of amides is 1. The first-order valence-corrected chi connectivity index (χ1v) is 5.86. The van der Waals surface area contributed by atoms with Gasteiger partial charge >= 0.3 is 0 Å². The Hall–Kier alpha value is -2.28. The lowest BCUT2D eigenvalue weighted by molar-refractivity contribution is -0.123. The molecule has 92 valence electrons. The molecule has 0 bridgehead atoms. The van der Waals surface area contributed by atoms with E-state index in [9.17, 15) is 4.79 Å². The summed E-state index contributed by atoms with van der Waals surface area (Å²) >= 11 is 0. The van der Waals surface area contributed by atoms with Gasteiger partial charge in [0.15, 0.2) is 6.61 Å². The van der Waals surface area contributed by atoms with Crippen LogP contribution in [0, 0.1) is 11.3 Å². The molecule has 1 aliphatic carbocycles. The predicted molar refractivity (Wildman–Crippen MR) is 67.0 cm³/mol. The molecule has 0 fully saturated rings. The quantitative estimate of drug-likeness (QED) is 0.818. The van der Waals surface area contributed by atoms with Crippen molar-refractivity contribution in [2.24, 2.45) is 0 Å². The Kier molecular flexibility index (Phi) is 3.98. The maximum Gasteiger partial charge on any atom is 0.258 e. The van der Waals surface area contributed by atoms with Gasteiger partial charge in [0, 0.05) is 6.04 Å². The van der Waals surface area contributed by atoms with Crippen molar-refractivity contribution >= 4 is 5.91 Å². The number of hydrogen-bond acceptors (Lipinski definition) is 3. The first-order valence-electron chi connectivity index (χ1n) is 5.86. The second kappa shape index (κ2) is 5.87. The first-order chi connectivity index (χ1) is 8.79. The molecule has 0 unspecified atom stereocenters. The van der Waals surface area contributed by atoms with Gasteiger partial charge in [0.25, 0.3) is 5.91 Å². The van der Waals surface area contributed by atoms with Gasteiger partial charge in [0.1, 0.15) is 11.8 Å². The second-order valence-electron chi connectivity index (χ2n) is 4.10. The molecule has 1 aromatic rings. The summed E-state index contributed by atoms with van der Waals surface area (Å²) in [5, 5.41) is 11.8. The zero-order chi connectivity index (χ0) is 12.8. The third-order valence-corrected chi connectivity index (χ3v) is 2.74. The van der Waals surface area contributed by atoms with Crippen molar-refractivity contribution in [2.75, 3.05) is 6.61 Å². The lowest BCUT2D eigenvalue weighted by Gasteiger charge is -2.12. The summed E-state index contributed by atoms with van der Waals surface area (Å²) in [6.07, 6.45) is 5.86. The van der Waals surface area contributed by atoms with Crippen LogP contribution in [0.25, 0.3) is 0 Å². The summed E-state index contributed by atoms with van der Waals surface area (Å²) in [5.74, 6) is 0.288. The van der Waals surface area contributed by atoms with Crippen molar-refractivity contribution in [3.63, 3.8) is 0 Å². The molecule has 0 saturated carbocycles. The van der Waals surface area contributed by atoms with Gasteiger partial charge in [-0.15, -0.1) is 0 Å². The second-order valence-corrected chi connectivity index (χ2v) is 4.10. The fourth-order valence-corrected chi connectivity index (χ4v) is 1.83. The van der Waals surface area contributed by atoms with E-state index in [1.807, 2.05) is 6.07 Å². The lowest BCUT2D eigenvalue weighted by atomic mass is 10.2. The van der Waals surface area contributed by atoms with Crippen LogP contribution in [-0.2, 0) is 4.79 Å². The molecule has 0 saturated heterocycles. The van der Waals surface area contributed by atoms with Gasteiger partial charge in [-0.2, -0.15) is 5.26 Å². The van der Waals surface area contributed by atoms with Crippen LogP contribution in [0.1, 0.15) is 18.4 Å². The highest BCUT2D eigenvalue weighted by atomic mass is 16.5. The average molecular weight is 242 g/mol. The maximum atomic E-state index is 11.6. The Labute approximate surface area is 106 Å². The minimum absolute atomic E-state index is 0.0603. The van der Waals surface area contributed by atoms with Crippen molar-refractivity contribution in [3.05, 3.63) is 42.0 Å². The molecule has 1 aromatic carbocycles. The molecule has 4 nitrogen and oxygen atoms in total. The Morgan fingerprint density at radius 2 is 2.11 bits per heavy atom. The molecule has 0 aliphatic heterocycles. The molecule has 1 aliphatic rings. The number of benzene rings is 1. The third kappa shape index (κ3) is 3.11. The Bertz CT molecular complexity index is 495. The first kappa shape index (κ1) is 12.2. The van der Waals surface area contributed by atoms with E-state index in [0.717, 1.165) is 12.8 Å². The number of nitrogens with one attached hydrogen (secondary N) is 1. The summed E-state index contributed by atoms with van der Waals surface area (Å²) in [5.41, 5.74) is 0.438. The van der Waals surface area contributed by atoms with E-state index < -0.39 is 0 Å². The van der Waals surface area contributed by atoms with Crippen molar-refractivity contribution < 1.29 is 9.53 Å². The Morgan fingerprint density at radius 3 is 2.83 bits per heavy atom. The standard InChI is InChI=1S/C14H14N2O2/c15-9-11-5-1-4-8-13(11)18-10-14(17)16-12-6-2-3-7-12/h1-5,8,12H,6-7,10H2,(H,16,17). The maximum absolute atomic E-state index is 11.6. The monoisotopic (exact) mass is 242 g/mol. The van der Waals surface area contributed by atoms with Crippen LogP contribution < -0.4 is 10.1 Å². The molecule has 1 amide bonds. The Balaban J connectivity index is 1.83. The van der Waals surface area contributed by atoms with E-state index in [4.69, 9.17) is 10.00 Å². The molecule has 2 rings (SSSR count). The van der Waals surface area contributed by atoms with Gasteiger partial charge in [-0.1, -0.05) is 24.3 Å². The van der Waals surface area contributed by atoms with E-state index >= 15 is 0 Å². The third-order valence-electron chi connectivity index (χ3n) is 2.74. The van der Waals surface area contributed by atoms with Crippen LogP contribution in [-0.4, -0.2) is 18.6 Å².